The zero-order valence-corrected chi connectivity index (χ0v) is 15.7. The molecular weight excluding hydrogens is 384 g/mol. The van der Waals surface area contributed by atoms with Crippen molar-refractivity contribution < 1.29 is 23.4 Å². The number of hydrogen-bond donors (Lipinski definition) is 1. The molecule has 7 nitrogen and oxygen atoms in total. The van der Waals surface area contributed by atoms with E-state index in [1.807, 2.05) is 5.32 Å². The van der Waals surface area contributed by atoms with Gasteiger partial charge in [-0.2, -0.15) is 8.78 Å². The molecule has 1 aromatic carbocycles. The predicted octanol–water partition coefficient (Wildman–Crippen LogP) is 2.25. The maximum Gasteiger partial charge on any atom is 0.266 e. The van der Waals surface area contributed by atoms with Crippen LogP contribution in [0.5, 0.6) is 5.75 Å². The van der Waals surface area contributed by atoms with Crippen LogP contribution in [0.15, 0.2) is 47.4 Å². The summed E-state index contributed by atoms with van der Waals surface area (Å²) in [6.07, 6.45) is -1.50. The number of nitrogens with one attached hydrogen (secondary N) is 1. The summed E-state index contributed by atoms with van der Waals surface area (Å²) in [6.45, 7) is 1.58. The van der Waals surface area contributed by atoms with Crippen LogP contribution in [-0.2, 0) is 7.05 Å². The summed E-state index contributed by atoms with van der Waals surface area (Å²) in [6, 6.07) is 5.96. The molecule has 0 bridgehead atoms. The van der Waals surface area contributed by atoms with Gasteiger partial charge >= 0.3 is 0 Å². The number of aromatic nitrogens is 2. The van der Waals surface area contributed by atoms with E-state index in [1.54, 1.807) is 44.4 Å². The average molecular weight is 402 g/mol. The molecule has 0 aliphatic carbocycles. The van der Waals surface area contributed by atoms with Crippen molar-refractivity contribution in [2.24, 2.45) is 7.05 Å². The van der Waals surface area contributed by atoms with Gasteiger partial charge in [-0.1, -0.05) is 0 Å². The van der Waals surface area contributed by atoms with Crippen LogP contribution in [-0.4, -0.2) is 28.3 Å². The lowest BCUT2D eigenvalue weighted by Gasteiger charge is -2.19. The van der Waals surface area contributed by atoms with E-state index < -0.39 is 18.2 Å². The van der Waals surface area contributed by atoms with E-state index in [0.717, 1.165) is 10.8 Å². The number of aryl methyl sites for hydroxylation is 2. The number of amides is 1. The van der Waals surface area contributed by atoms with E-state index >= 15 is 0 Å². The van der Waals surface area contributed by atoms with Crippen LogP contribution < -0.4 is 20.7 Å². The number of carbonyl (C=O) groups excluding carboxylic acids is 1. The topological polar surface area (TPSA) is 96.3 Å². The lowest BCUT2D eigenvalue weighted by molar-refractivity contribution is -0.251. The molecule has 3 rings (SSSR count). The van der Waals surface area contributed by atoms with Gasteiger partial charge in [-0.3, -0.25) is 9.78 Å². The molecule has 1 unspecified atom stereocenters. The largest absolute Gasteiger partial charge is 0.530 e. The number of ether oxygens (including phenoxy) is 1. The summed E-state index contributed by atoms with van der Waals surface area (Å²) in [4.78, 5) is 27.7. The fourth-order valence-corrected chi connectivity index (χ4v) is 3.21. The second-order valence-corrected chi connectivity index (χ2v) is 6.53. The lowest BCUT2D eigenvalue weighted by atomic mass is 10.1. The van der Waals surface area contributed by atoms with Crippen molar-refractivity contribution in [1.29, 1.82) is 0 Å². The van der Waals surface area contributed by atoms with Crippen LogP contribution >= 0.6 is 0 Å². The second-order valence-electron chi connectivity index (χ2n) is 6.53. The number of pyridine rings is 2. The third kappa shape index (κ3) is 4.34. The number of benzene rings is 1. The Morgan fingerprint density at radius 3 is 2.79 bits per heavy atom. The minimum absolute atomic E-state index is 0.187. The molecule has 0 aliphatic rings. The predicted molar refractivity (Wildman–Crippen MR) is 102 cm³/mol. The van der Waals surface area contributed by atoms with E-state index in [-0.39, 0.29) is 18.6 Å². The fourth-order valence-electron chi connectivity index (χ4n) is 3.21. The number of hydrogen-bond acceptors (Lipinski definition) is 5. The first kappa shape index (κ1) is 20.2. The number of carbonyl (C=O) groups is 1. The van der Waals surface area contributed by atoms with Gasteiger partial charge in [-0.05, 0) is 43.0 Å². The van der Waals surface area contributed by atoms with E-state index in [9.17, 15) is 23.5 Å². The highest BCUT2D eigenvalue weighted by Crippen LogP contribution is 2.27. The Bertz CT molecular complexity index is 1170. The van der Waals surface area contributed by atoms with Gasteiger partial charge in [0.05, 0.1) is 22.6 Å². The molecule has 0 fully saturated rings. The Morgan fingerprint density at radius 2 is 2.10 bits per heavy atom. The lowest BCUT2D eigenvalue weighted by Crippen LogP contribution is -2.45. The van der Waals surface area contributed by atoms with Crippen LogP contribution in [0, 0.1) is 6.92 Å². The molecular formula is C20H18F2N3O4-. The van der Waals surface area contributed by atoms with Gasteiger partial charge in [0.25, 0.3) is 11.6 Å². The van der Waals surface area contributed by atoms with Crippen LogP contribution in [0.4, 0.5) is 13.6 Å². The highest BCUT2D eigenvalue weighted by Gasteiger charge is 2.13. The molecule has 2 heterocycles. The Morgan fingerprint density at radius 1 is 1.34 bits per heavy atom. The first-order valence-electron chi connectivity index (χ1n) is 8.77. The molecule has 0 radical (unpaired) electrons. The zero-order valence-electron chi connectivity index (χ0n) is 15.7. The molecule has 0 spiro atoms. The third-order valence-corrected chi connectivity index (χ3v) is 4.61. The quantitative estimate of drug-likeness (QED) is 0.638. The van der Waals surface area contributed by atoms with E-state index in [1.165, 1.54) is 4.57 Å². The van der Waals surface area contributed by atoms with Crippen molar-refractivity contribution in [2.45, 2.75) is 19.4 Å². The van der Waals surface area contributed by atoms with Gasteiger partial charge in [0, 0.05) is 24.7 Å². The van der Waals surface area contributed by atoms with E-state index in [4.69, 9.17) is 4.74 Å². The first-order valence-corrected chi connectivity index (χ1v) is 8.77. The van der Waals surface area contributed by atoms with E-state index in [0.29, 0.717) is 28.4 Å². The Hall–Kier alpha value is -3.49. The average Bonchev–Trinajstić information content (AvgIpc) is 2.67. The van der Waals surface area contributed by atoms with Gasteiger partial charge in [-0.15, -0.1) is 0 Å². The number of halogens is 2. The molecule has 152 valence electrons. The van der Waals surface area contributed by atoms with Crippen molar-refractivity contribution >= 4 is 27.8 Å². The first-order chi connectivity index (χ1) is 13.8. The summed E-state index contributed by atoms with van der Waals surface area (Å²) in [5.41, 5.74) is 1.05. The number of carboxylic acid groups (broad SMARTS) is 1. The van der Waals surface area contributed by atoms with Crippen molar-refractivity contribution in [3.05, 3.63) is 58.7 Å². The van der Waals surface area contributed by atoms with Crippen LogP contribution in [0.1, 0.15) is 12.1 Å². The van der Waals surface area contributed by atoms with Crippen LogP contribution in [0.2, 0.25) is 0 Å². The van der Waals surface area contributed by atoms with Crippen LogP contribution in [0.25, 0.3) is 21.7 Å². The van der Waals surface area contributed by atoms with Gasteiger partial charge in [0.2, 0.25) is 0 Å². The molecule has 0 saturated heterocycles. The third-order valence-electron chi connectivity index (χ3n) is 4.61. The molecule has 0 aliphatic heterocycles. The molecule has 0 saturated carbocycles. The highest BCUT2D eigenvalue weighted by molar-refractivity contribution is 6.06. The summed E-state index contributed by atoms with van der Waals surface area (Å²) < 4.78 is 31.7. The standard InChI is InChI=1S/C20H19F2N3O4/c1-11-18-15(7-8-23-11)14-5-4-13(9-16(14)25(2)19(18)26)29-10-12(24-20(27)28)3-6-17(21)22/h4-9,12,24H,3,10H2,1-2H3,(H,27,28)/p-1. The monoisotopic (exact) mass is 402 g/mol. The van der Waals surface area contributed by atoms with Gasteiger partial charge in [0.15, 0.2) is 0 Å². The minimum Gasteiger partial charge on any atom is -0.530 e. The Labute approximate surface area is 164 Å². The molecule has 1 N–H and O–H groups in total. The van der Waals surface area contributed by atoms with Gasteiger partial charge in [0.1, 0.15) is 18.4 Å². The summed E-state index contributed by atoms with van der Waals surface area (Å²) in [5, 5.41) is 14.9. The van der Waals surface area contributed by atoms with Gasteiger partial charge < -0.3 is 24.5 Å². The maximum absolute atomic E-state index is 12.7. The number of nitrogens with zero attached hydrogens (tertiary/aromatic N) is 2. The molecule has 9 heteroatoms. The normalized spacial score (nSPS) is 12.0. The molecule has 1 amide bonds. The van der Waals surface area contributed by atoms with Crippen molar-refractivity contribution in [3.8, 4) is 5.75 Å². The number of rotatable bonds is 6. The zero-order chi connectivity index (χ0) is 21.1. The smallest absolute Gasteiger partial charge is 0.266 e. The second kappa shape index (κ2) is 8.26. The fraction of sp³-hybridized carbons (Fsp3) is 0.250. The maximum atomic E-state index is 12.7. The SMILES string of the molecule is Cc1nccc2c1c(=O)n(C)c1cc(OCC(CC=C(F)F)NC(=O)[O-])ccc21. The molecule has 1 atom stereocenters. The summed E-state index contributed by atoms with van der Waals surface area (Å²) >= 11 is 0. The summed E-state index contributed by atoms with van der Waals surface area (Å²) in [5.74, 6) is 0.368. The van der Waals surface area contributed by atoms with E-state index in [2.05, 4.69) is 4.98 Å². The molecule has 29 heavy (non-hydrogen) atoms. The van der Waals surface area contributed by atoms with Crippen molar-refractivity contribution in [1.82, 2.24) is 14.9 Å². The van der Waals surface area contributed by atoms with Crippen molar-refractivity contribution in [3.63, 3.8) is 0 Å². The number of fused-ring (bicyclic) bond motifs is 3. The van der Waals surface area contributed by atoms with Crippen LogP contribution in [0.3, 0.4) is 0 Å². The van der Waals surface area contributed by atoms with Crippen molar-refractivity contribution in [2.75, 3.05) is 6.61 Å². The summed E-state index contributed by atoms with van der Waals surface area (Å²) in [7, 11) is 1.63. The highest BCUT2D eigenvalue weighted by atomic mass is 19.3. The minimum atomic E-state index is -1.91. The van der Waals surface area contributed by atoms with Gasteiger partial charge in [-0.25, -0.2) is 0 Å². The molecule has 3 aromatic rings. The Kier molecular flexibility index (Phi) is 5.76. The Balaban J connectivity index is 1.94. The molecule has 2 aromatic heterocycles.